The highest BCUT2D eigenvalue weighted by Crippen LogP contribution is 1.97. The van der Waals surface area contributed by atoms with Crippen molar-refractivity contribution >= 4 is 11.7 Å². The number of carbonyl (C=O) groups excluding carboxylic acids is 2. The molecule has 0 aromatic rings. The summed E-state index contributed by atoms with van der Waals surface area (Å²) in [7, 11) is 0. The maximum atomic E-state index is 10.9. The molecule has 0 fully saturated rings. The molecule has 0 rings (SSSR count). The molecule has 0 aromatic carbocycles. The van der Waals surface area contributed by atoms with Crippen LogP contribution in [0.25, 0.3) is 0 Å². The first-order chi connectivity index (χ1) is 5.31. The summed E-state index contributed by atoms with van der Waals surface area (Å²) in [5.41, 5.74) is -0.924. The van der Waals surface area contributed by atoms with Crippen LogP contribution in [0, 0.1) is 0 Å². The van der Waals surface area contributed by atoms with E-state index in [1.165, 1.54) is 6.92 Å². The van der Waals surface area contributed by atoms with Crippen LogP contribution >= 0.6 is 0 Å². The lowest BCUT2D eigenvalue weighted by Gasteiger charge is -2.17. The average Bonchev–Trinajstić information content (AvgIpc) is 1.80. The van der Waals surface area contributed by atoms with Crippen molar-refractivity contribution in [3.05, 3.63) is 0 Å². The van der Waals surface area contributed by atoms with Crippen LogP contribution in [-0.2, 0) is 9.59 Å². The van der Waals surface area contributed by atoms with Gasteiger partial charge in [-0.25, -0.2) is 0 Å². The fourth-order valence-electron chi connectivity index (χ4n) is 0.603. The van der Waals surface area contributed by atoms with Crippen LogP contribution in [0.3, 0.4) is 0 Å². The summed E-state index contributed by atoms with van der Waals surface area (Å²) >= 11 is 0. The lowest BCUT2D eigenvalue weighted by atomic mass is 10.1. The number of nitrogens with one attached hydrogen (secondary N) is 1. The first kappa shape index (κ1) is 11.1. The molecular weight excluding hydrogens is 158 g/mol. The molecule has 0 atom stereocenters. The van der Waals surface area contributed by atoms with Gasteiger partial charge >= 0.3 is 0 Å². The lowest BCUT2D eigenvalue weighted by Crippen LogP contribution is -2.38. The second-order valence-electron chi connectivity index (χ2n) is 3.47. The summed E-state index contributed by atoms with van der Waals surface area (Å²) in [6, 6.07) is 0. The van der Waals surface area contributed by atoms with Gasteiger partial charge in [0.25, 0.3) is 0 Å². The second-order valence-corrected chi connectivity index (χ2v) is 3.47. The third-order valence-electron chi connectivity index (χ3n) is 1.13. The van der Waals surface area contributed by atoms with E-state index in [-0.39, 0.29) is 24.7 Å². The van der Waals surface area contributed by atoms with Gasteiger partial charge in [0.1, 0.15) is 5.78 Å². The van der Waals surface area contributed by atoms with Crippen LogP contribution in [0.5, 0.6) is 0 Å². The Kier molecular flexibility index (Phi) is 3.89. The van der Waals surface area contributed by atoms with Crippen molar-refractivity contribution in [3.63, 3.8) is 0 Å². The topological polar surface area (TPSA) is 66.4 Å². The molecule has 70 valence electrons. The van der Waals surface area contributed by atoms with E-state index in [1.807, 2.05) is 0 Å². The highest BCUT2D eigenvalue weighted by molar-refractivity contribution is 5.96. The Morgan fingerprint density at radius 1 is 1.42 bits per heavy atom. The first-order valence-corrected chi connectivity index (χ1v) is 3.80. The van der Waals surface area contributed by atoms with E-state index in [0.29, 0.717) is 0 Å². The Morgan fingerprint density at radius 3 is 2.25 bits per heavy atom. The smallest absolute Gasteiger partial charge is 0.227 e. The lowest BCUT2D eigenvalue weighted by molar-refractivity contribution is -0.127. The molecule has 0 heterocycles. The summed E-state index contributed by atoms with van der Waals surface area (Å²) in [6.45, 7) is 4.69. The molecule has 0 unspecified atom stereocenters. The number of aliphatic hydroxyl groups is 1. The first-order valence-electron chi connectivity index (χ1n) is 3.80. The van der Waals surface area contributed by atoms with E-state index in [0.717, 1.165) is 0 Å². The van der Waals surface area contributed by atoms with E-state index in [1.54, 1.807) is 13.8 Å². The third-order valence-corrected chi connectivity index (χ3v) is 1.13. The predicted molar refractivity (Wildman–Crippen MR) is 44.6 cm³/mol. The molecular formula is C8H15NO3. The van der Waals surface area contributed by atoms with Crippen LogP contribution in [0.4, 0.5) is 0 Å². The summed E-state index contributed by atoms with van der Waals surface area (Å²) in [5, 5.41) is 11.6. The number of hydrogen-bond acceptors (Lipinski definition) is 3. The maximum Gasteiger partial charge on any atom is 0.227 e. The van der Waals surface area contributed by atoms with Gasteiger partial charge in [-0.3, -0.25) is 9.59 Å². The molecule has 4 heteroatoms. The molecule has 1 amide bonds. The zero-order chi connectivity index (χ0) is 9.78. The normalized spacial score (nSPS) is 11.0. The fourth-order valence-corrected chi connectivity index (χ4v) is 0.603. The van der Waals surface area contributed by atoms with Gasteiger partial charge in [-0.1, -0.05) is 0 Å². The Hall–Kier alpha value is -0.900. The molecule has 12 heavy (non-hydrogen) atoms. The van der Waals surface area contributed by atoms with Gasteiger partial charge in [0.2, 0.25) is 5.91 Å². The monoisotopic (exact) mass is 173 g/mol. The van der Waals surface area contributed by atoms with Gasteiger partial charge in [0.15, 0.2) is 0 Å². The Bertz CT molecular complexity index is 181. The van der Waals surface area contributed by atoms with E-state index in [9.17, 15) is 14.7 Å². The minimum absolute atomic E-state index is 0.115. The van der Waals surface area contributed by atoms with Crippen molar-refractivity contribution in [1.29, 1.82) is 0 Å². The number of rotatable bonds is 4. The van der Waals surface area contributed by atoms with Crippen molar-refractivity contribution in [3.8, 4) is 0 Å². The zero-order valence-electron chi connectivity index (χ0n) is 7.68. The van der Waals surface area contributed by atoms with Gasteiger partial charge in [0.05, 0.1) is 12.0 Å². The van der Waals surface area contributed by atoms with Crippen LogP contribution in [0.1, 0.15) is 27.2 Å². The number of carbonyl (C=O) groups is 2. The van der Waals surface area contributed by atoms with Gasteiger partial charge in [-0.05, 0) is 20.8 Å². The largest absolute Gasteiger partial charge is 0.389 e. The minimum Gasteiger partial charge on any atom is -0.389 e. The van der Waals surface area contributed by atoms with Crippen molar-refractivity contribution in [1.82, 2.24) is 5.32 Å². The second kappa shape index (κ2) is 4.21. The summed E-state index contributed by atoms with van der Waals surface area (Å²) in [6.07, 6.45) is -0.115. The quantitative estimate of drug-likeness (QED) is 0.581. The molecule has 2 N–H and O–H groups in total. The zero-order valence-corrected chi connectivity index (χ0v) is 7.68. The van der Waals surface area contributed by atoms with Gasteiger partial charge in [-0.2, -0.15) is 0 Å². The van der Waals surface area contributed by atoms with Crippen LogP contribution < -0.4 is 5.32 Å². The molecule has 0 saturated carbocycles. The predicted octanol–water partition coefficient (Wildman–Crippen LogP) is -0.147. The van der Waals surface area contributed by atoms with E-state index in [2.05, 4.69) is 5.32 Å². The van der Waals surface area contributed by atoms with Crippen LogP contribution in [-0.4, -0.2) is 28.9 Å². The third kappa shape index (κ3) is 7.21. The van der Waals surface area contributed by atoms with Gasteiger partial charge < -0.3 is 10.4 Å². The molecule has 0 radical (unpaired) electrons. The molecule has 0 bridgehead atoms. The van der Waals surface area contributed by atoms with E-state index < -0.39 is 5.60 Å². The summed E-state index contributed by atoms with van der Waals surface area (Å²) < 4.78 is 0. The van der Waals surface area contributed by atoms with E-state index >= 15 is 0 Å². The number of amides is 1. The summed E-state index contributed by atoms with van der Waals surface area (Å²) in [4.78, 5) is 21.3. The molecule has 0 aliphatic heterocycles. The van der Waals surface area contributed by atoms with Crippen LogP contribution in [0.15, 0.2) is 0 Å². The maximum absolute atomic E-state index is 10.9. The van der Waals surface area contributed by atoms with Crippen LogP contribution in [0.2, 0.25) is 0 Å². The molecule has 0 saturated heterocycles. The van der Waals surface area contributed by atoms with Gasteiger partial charge in [0, 0.05) is 6.54 Å². The molecule has 0 spiro atoms. The number of Topliss-reactive ketones (excluding diaryl/α,β-unsaturated/α-hetero) is 1. The number of hydrogen-bond donors (Lipinski definition) is 2. The van der Waals surface area contributed by atoms with Crippen molar-refractivity contribution in [2.75, 3.05) is 6.54 Å². The highest BCUT2D eigenvalue weighted by atomic mass is 16.3. The van der Waals surface area contributed by atoms with Crippen molar-refractivity contribution in [2.24, 2.45) is 0 Å². The van der Waals surface area contributed by atoms with Gasteiger partial charge in [-0.15, -0.1) is 0 Å². The molecule has 0 aromatic heterocycles. The summed E-state index contributed by atoms with van der Waals surface area (Å²) in [5.74, 6) is -0.520. The Morgan fingerprint density at radius 2 is 1.92 bits per heavy atom. The Labute approximate surface area is 72.0 Å². The highest BCUT2D eigenvalue weighted by Gasteiger charge is 2.14. The standard InChI is InChI=1S/C8H15NO3/c1-6(10)4-7(11)9-5-8(2,3)12/h12H,4-5H2,1-3H3,(H,9,11). The Balaban J connectivity index is 3.65. The number of ketones is 1. The minimum atomic E-state index is -0.924. The molecule has 4 nitrogen and oxygen atoms in total. The average molecular weight is 173 g/mol. The fraction of sp³-hybridized carbons (Fsp3) is 0.750. The molecule has 0 aliphatic carbocycles. The van der Waals surface area contributed by atoms with E-state index in [4.69, 9.17) is 0 Å². The molecule has 0 aliphatic rings. The van der Waals surface area contributed by atoms with Crippen molar-refractivity contribution in [2.45, 2.75) is 32.8 Å². The SMILES string of the molecule is CC(=O)CC(=O)NCC(C)(C)O. The van der Waals surface area contributed by atoms with Crippen molar-refractivity contribution < 1.29 is 14.7 Å².